The summed E-state index contributed by atoms with van der Waals surface area (Å²) < 4.78 is 33.9. The van der Waals surface area contributed by atoms with Crippen molar-refractivity contribution in [3.8, 4) is 5.75 Å². The van der Waals surface area contributed by atoms with E-state index in [-0.39, 0.29) is 24.8 Å². The van der Waals surface area contributed by atoms with Gasteiger partial charge in [0.1, 0.15) is 5.75 Å². The van der Waals surface area contributed by atoms with Crippen molar-refractivity contribution in [1.29, 1.82) is 0 Å². The summed E-state index contributed by atoms with van der Waals surface area (Å²) in [5.41, 5.74) is 0.931. The molecule has 0 radical (unpaired) electrons. The highest BCUT2D eigenvalue weighted by Crippen LogP contribution is 2.43. The molecule has 3 aromatic rings. The Balaban J connectivity index is 0.00000150. The molecule has 0 spiro atoms. The third kappa shape index (κ3) is 4.43. The van der Waals surface area contributed by atoms with Crippen molar-refractivity contribution in [2.24, 2.45) is 0 Å². The van der Waals surface area contributed by atoms with Crippen LogP contribution < -0.4 is 14.4 Å². The molecule has 1 atom stereocenters. The number of rotatable bonds is 5. The van der Waals surface area contributed by atoms with Crippen molar-refractivity contribution in [3.05, 3.63) is 60.8 Å². The van der Waals surface area contributed by atoms with Crippen LogP contribution in [0.4, 0.5) is 11.4 Å². The predicted octanol–water partition coefficient (Wildman–Crippen LogP) is 4.26. The lowest BCUT2D eigenvalue weighted by atomic mass is 10.2. The largest absolute Gasteiger partial charge is 0.470 e. The molecule has 0 amide bonds. The standard InChI is InChI=1S/C20H21N3O3S.2ClH/c1-21-12-6-11-20-26-19-10-5-4-9-18(19)23(27(20,24)25)16-13-15-7-2-3-8-17(15)22-14-16;;/h2-5,7-10,13-14,20-21H,6,11-12H2,1H3;2*1H. The Morgan fingerprint density at radius 3 is 2.62 bits per heavy atom. The number of halogens is 2. The summed E-state index contributed by atoms with van der Waals surface area (Å²) in [7, 11) is -1.89. The number of nitrogens with zero attached hydrogens (tertiary/aromatic N) is 2. The number of pyridine rings is 1. The number of benzene rings is 2. The Morgan fingerprint density at radius 2 is 1.83 bits per heavy atom. The van der Waals surface area contributed by atoms with Crippen molar-refractivity contribution in [3.63, 3.8) is 0 Å². The van der Waals surface area contributed by atoms with Gasteiger partial charge in [-0.25, -0.2) is 12.7 Å². The first kappa shape index (κ1) is 23.2. The van der Waals surface area contributed by atoms with Gasteiger partial charge in [-0.1, -0.05) is 30.3 Å². The van der Waals surface area contributed by atoms with Crippen LogP contribution in [-0.4, -0.2) is 32.4 Å². The van der Waals surface area contributed by atoms with Gasteiger partial charge in [-0.15, -0.1) is 24.8 Å². The van der Waals surface area contributed by atoms with Gasteiger partial charge in [-0.3, -0.25) is 4.98 Å². The van der Waals surface area contributed by atoms with Gasteiger partial charge >= 0.3 is 0 Å². The molecule has 29 heavy (non-hydrogen) atoms. The van der Waals surface area contributed by atoms with Crippen LogP contribution in [0.5, 0.6) is 5.75 Å². The van der Waals surface area contributed by atoms with E-state index in [2.05, 4.69) is 10.3 Å². The first-order valence-electron chi connectivity index (χ1n) is 8.90. The molecule has 9 heteroatoms. The van der Waals surface area contributed by atoms with Crippen LogP contribution >= 0.6 is 24.8 Å². The molecule has 1 aliphatic rings. The number of nitrogens with one attached hydrogen (secondary N) is 1. The zero-order chi connectivity index (χ0) is 18.9. The average Bonchev–Trinajstić information content (AvgIpc) is 2.68. The smallest absolute Gasteiger partial charge is 0.278 e. The van der Waals surface area contributed by atoms with Gasteiger partial charge in [-0.05, 0) is 44.3 Å². The van der Waals surface area contributed by atoms with Crippen LogP contribution in [0.1, 0.15) is 12.8 Å². The number of para-hydroxylation sites is 3. The maximum Gasteiger partial charge on any atom is 0.278 e. The van der Waals surface area contributed by atoms with E-state index in [0.717, 1.165) is 17.4 Å². The maximum atomic E-state index is 13.4. The number of hydrogen-bond donors (Lipinski definition) is 1. The lowest BCUT2D eigenvalue weighted by Crippen LogP contribution is -2.43. The second-order valence-electron chi connectivity index (χ2n) is 6.46. The van der Waals surface area contributed by atoms with Crippen molar-refractivity contribution < 1.29 is 13.2 Å². The van der Waals surface area contributed by atoms with E-state index in [1.54, 1.807) is 24.4 Å². The van der Waals surface area contributed by atoms with E-state index < -0.39 is 15.5 Å². The van der Waals surface area contributed by atoms with Gasteiger partial charge in [0.05, 0.1) is 23.1 Å². The lowest BCUT2D eigenvalue weighted by Gasteiger charge is -2.35. The van der Waals surface area contributed by atoms with Crippen LogP contribution in [0.15, 0.2) is 60.8 Å². The van der Waals surface area contributed by atoms with Gasteiger partial charge in [0.25, 0.3) is 10.0 Å². The fraction of sp³-hybridized carbons (Fsp3) is 0.250. The van der Waals surface area contributed by atoms with Crippen LogP contribution in [0.25, 0.3) is 10.9 Å². The molecule has 1 aromatic heterocycles. The molecule has 1 N–H and O–H groups in total. The molecule has 1 unspecified atom stereocenters. The highest BCUT2D eigenvalue weighted by molar-refractivity contribution is 7.93. The third-order valence-corrected chi connectivity index (χ3v) is 6.52. The fourth-order valence-electron chi connectivity index (χ4n) is 3.29. The van der Waals surface area contributed by atoms with Crippen molar-refractivity contribution in [2.45, 2.75) is 18.3 Å². The summed E-state index contributed by atoms with van der Waals surface area (Å²) >= 11 is 0. The van der Waals surface area contributed by atoms with E-state index in [1.165, 1.54) is 4.31 Å². The monoisotopic (exact) mass is 455 g/mol. The molecule has 0 saturated heterocycles. The summed E-state index contributed by atoms with van der Waals surface area (Å²) in [4.78, 5) is 4.44. The summed E-state index contributed by atoms with van der Waals surface area (Å²) in [6.45, 7) is 0.731. The van der Waals surface area contributed by atoms with E-state index in [9.17, 15) is 8.42 Å². The molecule has 0 aliphatic carbocycles. The molecule has 0 bridgehead atoms. The van der Waals surface area contributed by atoms with E-state index in [1.807, 2.05) is 43.4 Å². The zero-order valence-electron chi connectivity index (χ0n) is 15.8. The van der Waals surface area contributed by atoms with Crippen LogP contribution in [0.2, 0.25) is 0 Å². The number of ether oxygens (including phenoxy) is 1. The van der Waals surface area contributed by atoms with Crippen molar-refractivity contribution in [2.75, 3.05) is 17.9 Å². The van der Waals surface area contributed by atoms with Gasteiger partial charge in [0, 0.05) is 11.8 Å². The normalized spacial score (nSPS) is 16.9. The van der Waals surface area contributed by atoms with E-state index in [0.29, 0.717) is 30.0 Å². The summed E-state index contributed by atoms with van der Waals surface area (Å²) in [6.07, 6.45) is 2.72. The number of sulfonamides is 1. The molecule has 6 nitrogen and oxygen atoms in total. The fourth-order valence-corrected chi connectivity index (χ4v) is 5.04. The first-order chi connectivity index (χ1) is 13.1. The summed E-state index contributed by atoms with van der Waals surface area (Å²) in [6, 6.07) is 16.7. The van der Waals surface area contributed by atoms with E-state index in [4.69, 9.17) is 4.74 Å². The molecule has 1 aliphatic heterocycles. The van der Waals surface area contributed by atoms with Gasteiger partial charge < -0.3 is 10.1 Å². The van der Waals surface area contributed by atoms with Crippen LogP contribution in [-0.2, 0) is 10.0 Å². The molecule has 0 saturated carbocycles. The molecule has 156 valence electrons. The van der Waals surface area contributed by atoms with Crippen LogP contribution in [0.3, 0.4) is 0 Å². The SMILES string of the molecule is CNCCCC1Oc2ccccc2N(c2cnc3ccccc3c2)S1(=O)=O.Cl.Cl. The maximum absolute atomic E-state index is 13.4. The quantitative estimate of drug-likeness (QED) is 0.581. The topological polar surface area (TPSA) is 71.5 Å². The Kier molecular flexibility index (Phi) is 7.71. The molecule has 2 aromatic carbocycles. The Morgan fingerprint density at radius 1 is 1.10 bits per heavy atom. The number of aromatic nitrogens is 1. The van der Waals surface area contributed by atoms with Gasteiger partial charge in [-0.2, -0.15) is 0 Å². The predicted molar refractivity (Wildman–Crippen MR) is 121 cm³/mol. The van der Waals surface area contributed by atoms with Crippen molar-refractivity contribution in [1.82, 2.24) is 10.3 Å². The second-order valence-corrected chi connectivity index (χ2v) is 8.38. The van der Waals surface area contributed by atoms with Gasteiger partial charge in [0.2, 0.25) is 5.44 Å². The number of hydrogen-bond acceptors (Lipinski definition) is 5. The Labute approximate surface area is 183 Å². The average molecular weight is 456 g/mol. The lowest BCUT2D eigenvalue weighted by molar-refractivity contribution is 0.254. The number of fused-ring (bicyclic) bond motifs is 2. The molecule has 0 fully saturated rings. The highest BCUT2D eigenvalue weighted by atomic mass is 35.5. The Hall–Kier alpha value is -2.06. The van der Waals surface area contributed by atoms with E-state index >= 15 is 0 Å². The number of anilines is 2. The minimum atomic E-state index is -3.74. The molecule has 4 rings (SSSR count). The minimum absolute atomic E-state index is 0. The summed E-state index contributed by atoms with van der Waals surface area (Å²) in [5, 5.41) is 3.93. The molecular weight excluding hydrogens is 433 g/mol. The molecule has 2 heterocycles. The minimum Gasteiger partial charge on any atom is -0.470 e. The Bertz CT molecular complexity index is 1080. The zero-order valence-corrected chi connectivity index (χ0v) is 18.3. The van der Waals surface area contributed by atoms with Crippen LogP contribution in [0, 0.1) is 0 Å². The highest BCUT2D eigenvalue weighted by Gasteiger charge is 2.40. The summed E-state index contributed by atoms with van der Waals surface area (Å²) in [5.74, 6) is 0.565. The third-order valence-electron chi connectivity index (χ3n) is 4.61. The van der Waals surface area contributed by atoms with Gasteiger partial charge in [0.15, 0.2) is 0 Å². The first-order valence-corrected chi connectivity index (χ1v) is 10.4. The molecular formula is C20H23Cl2N3O3S. The van der Waals surface area contributed by atoms with Crippen molar-refractivity contribution >= 4 is 57.1 Å². The second kappa shape index (κ2) is 9.63.